The number of alkyl halides is 3. The first kappa shape index (κ1) is 14.9. The number of aliphatic hydroxyl groups excluding tert-OH is 1. The smallest absolute Gasteiger partial charge is 0.388 e. The van der Waals surface area contributed by atoms with Crippen LogP contribution in [-0.4, -0.2) is 11.7 Å². The molecule has 0 aromatic heterocycles. The number of hydrogen-bond donors (Lipinski definition) is 1. The highest BCUT2D eigenvalue weighted by Gasteiger charge is 2.33. The van der Waals surface area contributed by atoms with E-state index >= 15 is 0 Å². The van der Waals surface area contributed by atoms with Gasteiger partial charge < -0.3 is 10.0 Å². The quantitative estimate of drug-likeness (QED) is 0.901. The van der Waals surface area contributed by atoms with Crippen molar-refractivity contribution in [2.45, 2.75) is 25.2 Å². The molecule has 1 atom stereocenters. The van der Waals surface area contributed by atoms with E-state index in [1.54, 1.807) is 0 Å². The van der Waals surface area contributed by atoms with Gasteiger partial charge in [-0.15, -0.1) is 0 Å². The third-order valence-electron chi connectivity index (χ3n) is 3.94. The minimum Gasteiger partial charge on any atom is -0.388 e. The Bertz CT molecular complexity index is 655. The van der Waals surface area contributed by atoms with Gasteiger partial charge in [0.25, 0.3) is 0 Å². The molecule has 1 N–H and O–H groups in total. The lowest BCUT2D eigenvalue weighted by molar-refractivity contribution is -0.137. The van der Waals surface area contributed by atoms with E-state index in [1.807, 2.05) is 35.2 Å². The Kier molecular flexibility index (Phi) is 3.83. The first-order valence-electron chi connectivity index (χ1n) is 7.13. The van der Waals surface area contributed by atoms with Crippen LogP contribution in [0.5, 0.6) is 0 Å². The van der Waals surface area contributed by atoms with Gasteiger partial charge in [-0.3, -0.25) is 0 Å². The molecule has 2 nitrogen and oxygen atoms in total. The van der Waals surface area contributed by atoms with Crippen molar-refractivity contribution in [3.63, 3.8) is 0 Å². The summed E-state index contributed by atoms with van der Waals surface area (Å²) >= 11 is 0. The zero-order valence-electron chi connectivity index (χ0n) is 11.8. The van der Waals surface area contributed by atoms with Gasteiger partial charge in [-0.25, -0.2) is 0 Å². The Hall–Kier alpha value is -2.01. The molecule has 2 aromatic rings. The molecule has 2 aromatic carbocycles. The van der Waals surface area contributed by atoms with Crippen LogP contribution in [0.3, 0.4) is 0 Å². The Morgan fingerprint density at radius 1 is 1.09 bits per heavy atom. The summed E-state index contributed by atoms with van der Waals surface area (Å²) in [5.74, 6) is 0. The molecule has 1 unspecified atom stereocenters. The summed E-state index contributed by atoms with van der Waals surface area (Å²) in [6.07, 6.45) is -4.80. The molecule has 0 radical (unpaired) electrons. The summed E-state index contributed by atoms with van der Waals surface area (Å²) in [7, 11) is 0. The van der Waals surface area contributed by atoms with E-state index in [0.717, 1.165) is 17.7 Å². The number of fused-ring (bicyclic) bond motifs is 1. The normalized spacial score (nSPS) is 18.2. The second-order valence-electron chi connectivity index (χ2n) is 5.48. The van der Waals surface area contributed by atoms with Gasteiger partial charge in [-0.2, -0.15) is 13.2 Å². The van der Waals surface area contributed by atoms with Crippen molar-refractivity contribution >= 4 is 5.69 Å². The van der Waals surface area contributed by atoms with E-state index in [4.69, 9.17) is 0 Å². The van der Waals surface area contributed by atoms with Crippen molar-refractivity contribution in [3.05, 3.63) is 65.2 Å². The maximum atomic E-state index is 12.8. The number of rotatable bonds is 2. The van der Waals surface area contributed by atoms with Crippen molar-refractivity contribution in [3.8, 4) is 0 Å². The molecule has 1 heterocycles. The lowest BCUT2D eigenvalue weighted by Crippen LogP contribution is -2.31. The summed E-state index contributed by atoms with van der Waals surface area (Å²) < 4.78 is 38.5. The van der Waals surface area contributed by atoms with Gasteiger partial charge in [0.1, 0.15) is 0 Å². The largest absolute Gasteiger partial charge is 0.416 e. The van der Waals surface area contributed by atoms with Crippen LogP contribution in [0, 0.1) is 0 Å². The average molecular weight is 307 g/mol. The van der Waals surface area contributed by atoms with Crippen molar-refractivity contribution in [2.24, 2.45) is 0 Å². The summed E-state index contributed by atoms with van der Waals surface area (Å²) in [6.45, 7) is 1.24. The van der Waals surface area contributed by atoms with Gasteiger partial charge in [0.05, 0.1) is 11.7 Å². The maximum Gasteiger partial charge on any atom is 0.416 e. The van der Waals surface area contributed by atoms with Gasteiger partial charge in [-0.05, 0) is 30.2 Å². The minimum atomic E-state index is -4.39. The average Bonchev–Trinajstić information content (AvgIpc) is 2.50. The molecule has 0 fully saturated rings. The molecule has 3 rings (SSSR count). The van der Waals surface area contributed by atoms with Gasteiger partial charge in [0.2, 0.25) is 0 Å². The van der Waals surface area contributed by atoms with Gasteiger partial charge in [0.15, 0.2) is 0 Å². The lowest BCUT2D eigenvalue weighted by atomic mass is 9.96. The van der Waals surface area contributed by atoms with Crippen LogP contribution in [0.15, 0.2) is 48.5 Å². The molecule has 0 aliphatic carbocycles. The van der Waals surface area contributed by atoms with Crippen LogP contribution in [0.25, 0.3) is 0 Å². The highest BCUT2D eigenvalue weighted by molar-refractivity contribution is 5.58. The minimum absolute atomic E-state index is 0.358. The van der Waals surface area contributed by atoms with E-state index in [1.165, 1.54) is 6.07 Å². The molecule has 116 valence electrons. The van der Waals surface area contributed by atoms with Crippen molar-refractivity contribution in [2.75, 3.05) is 11.4 Å². The molecular weight excluding hydrogens is 291 g/mol. The number of benzene rings is 2. The molecule has 22 heavy (non-hydrogen) atoms. The molecule has 0 saturated heterocycles. The van der Waals surface area contributed by atoms with Crippen LogP contribution >= 0.6 is 0 Å². The molecule has 0 spiro atoms. The predicted molar refractivity (Wildman–Crippen MR) is 78.5 cm³/mol. The Balaban J connectivity index is 1.93. The highest BCUT2D eigenvalue weighted by atomic mass is 19.4. The summed E-state index contributed by atoms with van der Waals surface area (Å²) in [5.41, 5.74) is 1.41. The third kappa shape index (κ3) is 2.95. The van der Waals surface area contributed by atoms with Crippen LogP contribution in [0.2, 0.25) is 0 Å². The van der Waals surface area contributed by atoms with Gasteiger partial charge in [0, 0.05) is 24.3 Å². The summed E-state index contributed by atoms with van der Waals surface area (Å²) in [5, 5.41) is 10.0. The van der Waals surface area contributed by atoms with E-state index in [2.05, 4.69) is 0 Å². The molecule has 5 heteroatoms. The fourth-order valence-corrected chi connectivity index (χ4v) is 2.81. The Morgan fingerprint density at radius 3 is 2.50 bits per heavy atom. The zero-order chi connectivity index (χ0) is 15.7. The van der Waals surface area contributed by atoms with Crippen LogP contribution in [0.4, 0.5) is 18.9 Å². The van der Waals surface area contributed by atoms with Crippen molar-refractivity contribution in [1.29, 1.82) is 0 Å². The fraction of sp³-hybridized carbons (Fsp3) is 0.294. The standard InChI is InChI=1S/C17H16F3NO/c18-17(19,20)13-6-7-15-14(10-13)16(22)8-9-21(15)11-12-4-2-1-3-5-12/h1-7,10,16,22H,8-9,11H2. The zero-order valence-corrected chi connectivity index (χ0v) is 11.8. The fourth-order valence-electron chi connectivity index (χ4n) is 2.81. The summed E-state index contributed by atoms with van der Waals surface area (Å²) in [4.78, 5) is 2.01. The number of hydrogen-bond acceptors (Lipinski definition) is 2. The van der Waals surface area contributed by atoms with Gasteiger partial charge in [-0.1, -0.05) is 30.3 Å². The number of halogens is 3. The van der Waals surface area contributed by atoms with Crippen LogP contribution in [-0.2, 0) is 12.7 Å². The molecule has 0 bridgehead atoms. The SMILES string of the molecule is OC1CCN(Cc2ccccc2)c2ccc(C(F)(F)F)cc21. The van der Waals surface area contributed by atoms with E-state index in [0.29, 0.717) is 30.8 Å². The first-order chi connectivity index (χ1) is 10.4. The predicted octanol–water partition coefficient (Wildman–Crippen LogP) is 4.15. The second-order valence-corrected chi connectivity index (χ2v) is 5.48. The van der Waals surface area contributed by atoms with Crippen molar-refractivity contribution < 1.29 is 18.3 Å². The Labute approximate surface area is 126 Å². The van der Waals surface area contributed by atoms with Crippen molar-refractivity contribution in [1.82, 2.24) is 0 Å². The number of nitrogens with zero attached hydrogens (tertiary/aromatic N) is 1. The third-order valence-corrected chi connectivity index (χ3v) is 3.94. The van der Waals surface area contributed by atoms with E-state index < -0.39 is 17.8 Å². The first-order valence-corrected chi connectivity index (χ1v) is 7.13. The maximum absolute atomic E-state index is 12.8. The monoisotopic (exact) mass is 307 g/mol. The number of aliphatic hydroxyl groups is 1. The van der Waals surface area contributed by atoms with E-state index in [-0.39, 0.29) is 0 Å². The molecular formula is C17H16F3NO. The van der Waals surface area contributed by atoms with Gasteiger partial charge >= 0.3 is 6.18 Å². The molecule has 0 amide bonds. The lowest BCUT2D eigenvalue weighted by Gasteiger charge is -2.34. The highest BCUT2D eigenvalue weighted by Crippen LogP contribution is 2.39. The Morgan fingerprint density at radius 2 is 1.82 bits per heavy atom. The van der Waals surface area contributed by atoms with Crippen LogP contribution in [0.1, 0.15) is 29.2 Å². The molecule has 1 aliphatic heterocycles. The van der Waals surface area contributed by atoms with E-state index in [9.17, 15) is 18.3 Å². The second kappa shape index (κ2) is 5.65. The van der Waals surface area contributed by atoms with Crippen LogP contribution < -0.4 is 4.90 Å². The topological polar surface area (TPSA) is 23.5 Å². The number of anilines is 1. The molecule has 0 saturated carbocycles. The summed E-state index contributed by atoms with van der Waals surface area (Å²) in [6, 6.07) is 13.4. The molecule has 1 aliphatic rings.